The van der Waals surface area contributed by atoms with Gasteiger partial charge in [-0.05, 0) is 6.07 Å². The molecule has 1 aliphatic rings. The van der Waals surface area contributed by atoms with Crippen LogP contribution in [0, 0.1) is 0 Å². The van der Waals surface area contributed by atoms with E-state index >= 15 is 0 Å². The Morgan fingerprint density at radius 1 is 1.47 bits per heavy atom. The van der Waals surface area contributed by atoms with Gasteiger partial charge in [0.1, 0.15) is 12.4 Å². The third-order valence-electron chi connectivity index (χ3n) is 2.62. The average Bonchev–Trinajstić information content (AvgIpc) is 2.60. The first kappa shape index (κ1) is 9.83. The molecular weight excluding hydrogens is 194 g/mol. The maximum Gasteiger partial charge on any atom is 0.410 e. The van der Waals surface area contributed by atoms with Crippen molar-refractivity contribution in [2.75, 3.05) is 20.8 Å². The van der Waals surface area contributed by atoms with Crippen LogP contribution in [0.1, 0.15) is 11.6 Å². The van der Waals surface area contributed by atoms with Crippen LogP contribution in [0.2, 0.25) is 0 Å². The van der Waals surface area contributed by atoms with Crippen molar-refractivity contribution in [3.63, 3.8) is 0 Å². The Bertz CT molecular complexity index is 378. The summed E-state index contributed by atoms with van der Waals surface area (Å²) >= 11 is 0. The highest BCUT2D eigenvalue weighted by atomic mass is 16.6. The summed E-state index contributed by atoms with van der Waals surface area (Å²) in [6.07, 6.45) is -0.286. The fraction of sp³-hybridized carbons (Fsp3) is 0.364. The number of rotatable bonds is 2. The molecular formula is C11H13NO3. The van der Waals surface area contributed by atoms with Crippen LogP contribution < -0.4 is 4.74 Å². The first-order valence-corrected chi connectivity index (χ1v) is 4.76. The second-order valence-electron chi connectivity index (χ2n) is 3.45. The van der Waals surface area contributed by atoms with Gasteiger partial charge in [-0.25, -0.2) is 4.79 Å². The molecule has 1 unspecified atom stereocenters. The number of methoxy groups -OCH3 is 1. The van der Waals surface area contributed by atoms with E-state index in [0.29, 0.717) is 6.61 Å². The van der Waals surface area contributed by atoms with E-state index in [4.69, 9.17) is 9.47 Å². The van der Waals surface area contributed by atoms with Crippen LogP contribution >= 0.6 is 0 Å². The van der Waals surface area contributed by atoms with Crippen molar-refractivity contribution in [1.29, 1.82) is 0 Å². The number of benzene rings is 1. The van der Waals surface area contributed by atoms with Crippen molar-refractivity contribution in [3.05, 3.63) is 29.8 Å². The highest BCUT2D eigenvalue weighted by Gasteiger charge is 2.32. The molecule has 1 amide bonds. The van der Waals surface area contributed by atoms with Gasteiger partial charge in [0.15, 0.2) is 0 Å². The standard InChI is InChI=1S/C11H13NO3/c1-12-9(7-15-11(12)13)8-5-3-4-6-10(8)14-2/h3-6,9H,7H2,1-2H3. The van der Waals surface area contributed by atoms with Gasteiger partial charge in [-0.15, -0.1) is 0 Å². The van der Waals surface area contributed by atoms with Crippen molar-refractivity contribution in [1.82, 2.24) is 4.90 Å². The van der Waals surface area contributed by atoms with Crippen LogP contribution in [-0.2, 0) is 4.74 Å². The van der Waals surface area contributed by atoms with Gasteiger partial charge in [0, 0.05) is 12.6 Å². The molecule has 1 atom stereocenters. The minimum Gasteiger partial charge on any atom is -0.496 e. The predicted molar refractivity (Wildman–Crippen MR) is 54.8 cm³/mol. The molecule has 0 bridgehead atoms. The summed E-state index contributed by atoms with van der Waals surface area (Å²) in [4.78, 5) is 12.8. The van der Waals surface area contributed by atoms with Gasteiger partial charge in [-0.2, -0.15) is 0 Å². The van der Waals surface area contributed by atoms with Crippen molar-refractivity contribution < 1.29 is 14.3 Å². The highest BCUT2D eigenvalue weighted by molar-refractivity contribution is 5.70. The molecule has 0 spiro atoms. The van der Waals surface area contributed by atoms with Crippen molar-refractivity contribution in [3.8, 4) is 5.75 Å². The summed E-state index contributed by atoms with van der Waals surface area (Å²) in [5.41, 5.74) is 0.980. The summed E-state index contributed by atoms with van der Waals surface area (Å²) in [6.45, 7) is 0.385. The summed E-state index contributed by atoms with van der Waals surface area (Å²) in [6, 6.07) is 7.61. The fourth-order valence-electron chi connectivity index (χ4n) is 1.73. The average molecular weight is 207 g/mol. The second kappa shape index (κ2) is 3.81. The van der Waals surface area contributed by atoms with E-state index in [9.17, 15) is 4.79 Å². The van der Waals surface area contributed by atoms with Gasteiger partial charge in [-0.3, -0.25) is 0 Å². The van der Waals surface area contributed by atoms with E-state index in [1.165, 1.54) is 0 Å². The van der Waals surface area contributed by atoms with Gasteiger partial charge in [-0.1, -0.05) is 18.2 Å². The Kier molecular flexibility index (Phi) is 2.49. The minimum absolute atomic E-state index is 0.0475. The van der Waals surface area contributed by atoms with E-state index in [1.54, 1.807) is 19.1 Å². The molecule has 1 saturated heterocycles. The summed E-state index contributed by atoms with van der Waals surface area (Å²) < 4.78 is 10.2. The van der Waals surface area contributed by atoms with Gasteiger partial charge >= 0.3 is 6.09 Å². The number of carbonyl (C=O) groups is 1. The number of hydrogen-bond acceptors (Lipinski definition) is 3. The molecule has 4 nitrogen and oxygen atoms in total. The van der Waals surface area contributed by atoms with E-state index in [-0.39, 0.29) is 12.1 Å². The number of likely N-dealkylation sites (N-methyl/N-ethyl adjacent to an activating group) is 1. The van der Waals surface area contributed by atoms with Gasteiger partial charge in [0.25, 0.3) is 0 Å². The van der Waals surface area contributed by atoms with Crippen LogP contribution in [0.5, 0.6) is 5.75 Å². The molecule has 0 N–H and O–H groups in total. The second-order valence-corrected chi connectivity index (χ2v) is 3.45. The summed E-state index contributed by atoms with van der Waals surface area (Å²) in [5, 5.41) is 0. The smallest absolute Gasteiger partial charge is 0.410 e. The molecule has 1 aliphatic heterocycles. The molecule has 1 heterocycles. The molecule has 0 aliphatic carbocycles. The Balaban J connectivity index is 2.33. The first-order chi connectivity index (χ1) is 7.24. The third kappa shape index (κ3) is 1.63. The summed E-state index contributed by atoms with van der Waals surface area (Å²) in [5.74, 6) is 0.785. The maximum absolute atomic E-state index is 11.2. The number of cyclic esters (lactones) is 1. The summed E-state index contributed by atoms with van der Waals surface area (Å²) in [7, 11) is 3.35. The number of para-hydroxylation sites is 1. The monoisotopic (exact) mass is 207 g/mol. The fourth-order valence-corrected chi connectivity index (χ4v) is 1.73. The molecule has 1 aromatic carbocycles. The van der Waals surface area contributed by atoms with Crippen LogP contribution in [0.4, 0.5) is 4.79 Å². The SMILES string of the molecule is COc1ccccc1C1COC(=O)N1C. The number of amides is 1. The number of ether oxygens (including phenoxy) is 2. The van der Waals surface area contributed by atoms with Crippen LogP contribution in [0.15, 0.2) is 24.3 Å². The zero-order valence-electron chi connectivity index (χ0n) is 8.77. The molecule has 1 fully saturated rings. The molecule has 0 radical (unpaired) electrons. The molecule has 1 aromatic rings. The predicted octanol–water partition coefficient (Wildman–Crippen LogP) is 1.82. The number of nitrogens with zero attached hydrogens (tertiary/aromatic N) is 1. The molecule has 0 saturated carbocycles. The molecule has 15 heavy (non-hydrogen) atoms. The largest absolute Gasteiger partial charge is 0.496 e. The Labute approximate surface area is 88.4 Å². The normalized spacial score (nSPS) is 20.3. The first-order valence-electron chi connectivity index (χ1n) is 4.76. The lowest BCUT2D eigenvalue weighted by Crippen LogP contribution is -2.22. The molecule has 0 aromatic heterocycles. The van der Waals surface area contributed by atoms with Crippen LogP contribution in [0.3, 0.4) is 0 Å². The minimum atomic E-state index is -0.286. The topological polar surface area (TPSA) is 38.8 Å². The van der Waals surface area contributed by atoms with Gasteiger partial charge in [0.2, 0.25) is 0 Å². The molecule has 2 rings (SSSR count). The van der Waals surface area contributed by atoms with E-state index < -0.39 is 0 Å². The quantitative estimate of drug-likeness (QED) is 0.742. The molecule has 80 valence electrons. The zero-order valence-corrected chi connectivity index (χ0v) is 8.77. The van der Waals surface area contributed by atoms with Gasteiger partial charge in [0.05, 0.1) is 13.2 Å². The molecule has 4 heteroatoms. The van der Waals surface area contributed by atoms with E-state index in [0.717, 1.165) is 11.3 Å². The maximum atomic E-state index is 11.2. The number of hydrogen-bond donors (Lipinski definition) is 0. The highest BCUT2D eigenvalue weighted by Crippen LogP contribution is 2.32. The lowest BCUT2D eigenvalue weighted by atomic mass is 10.1. The van der Waals surface area contributed by atoms with Crippen LogP contribution in [-0.4, -0.2) is 31.8 Å². The van der Waals surface area contributed by atoms with Crippen molar-refractivity contribution in [2.24, 2.45) is 0 Å². The Morgan fingerprint density at radius 3 is 2.80 bits per heavy atom. The van der Waals surface area contributed by atoms with Crippen molar-refractivity contribution >= 4 is 6.09 Å². The Morgan fingerprint density at radius 2 is 2.20 bits per heavy atom. The van der Waals surface area contributed by atoms with Gasteiger partial charge < -0.3 is 14.4 Å². The number of carbonyl (C=O) groups excluding carboxylic acids is 1. The lowest BCUT2D eigenvalue weighted by molar-refractivity contribution is 0.163. The van der Waals surface area contributed by atoms with E-state index in [2.05, 4.69) is 0 Å². The lowest BCUT2D eigenvalue weighted by Gasteiger charge is -2.18. The Hall–Kier alpha value is -1.71. The van der Waals surface area contributed by atoms with E-state index in [1.807, 2.05) is 24.3 Å². The van der Waals surface area contributed by atoms with Crippen LogP contribution in [0.25, 0.3) is 0 Å². The van der Waals surface area contributed by atoms with Crippen molar-refractivity contribution in [2.45, 2.75) is 6.04 Å². The third-order valence-corrected chi connectivity index (χ3v) is 2.62. The zero-order chi connectivity index (χ0) is 10.8.